The minimum absolute atomic E-state index is 0.0985. The Morgan fingerprint density at radius 2 is 2.12 bits per heavy atom. The van der Waals surface area contributed by atoms with Crippen LogP contribution in [0.2, 0.25) is 5.02 Å². The second-order valence-corrected chi connectivity index (χ2v) is 4.10. The van der Waals surface area contributed by atoms with Gasteiger partial charge < -0.3 is 9.88 Å². The highest BCUT2D eigenvalue weighted by Crippen LogP contribution is 2.18. The molecular formula is C12H12ClN3O. The van der Waals surface area contributed by atoms with Crippen LogP contribution in [0.15, 0.2) is 43.0 Å². The molecule has 2 aromatic rings. The van der Waals surface area contributed by atoms with Crippen molar-refractivity contribution in [1.82, 2.24) is 14.9 Å². The van der Waals surface area contributed by atoms with Crippen molar-refractivity contribution in [1.29, 1.82) is 0 Å². The molecule has 1 atom stereocenters. The van der Waals surface area contributed by atoms with E-state index in [9.17, 15) is 4.79 Å². The Kier molecular flexibility index (Phi) is 3.44. The summed E-state index contributed by atoms with van der Waals surface area (Å²) in [5.41, 5.74) is 0.947. The normalized spacial score (nSPS) is 12.1. The van der Waals surface area contributed by atoms with Gasteiger partial charge in [0.2, 0.25) is 5.91 Å². The molecule has 0 aliphatic rings. The number of hydrogen-bond acceptors (Lipinski definition) is 2. The summed E-state index contributed by atoms with van der Waals surface area (Å²) < 4.78 is 1.82. The molecule has 2 rings (SSSR count). The Labute approximate surface area is 104 Å². The lowest BCUT2D eigenvalue weighted by molar-refractivity contribution is -0.119. The van der Waals surface area contributed by atoms with E-state index in [0.29, 0.717) is 5.02 Å². The smallest absolute Gasteiger partial charge is 0.218 e. The maximum Gasteiger partial charge on any atom is 0.218 e. The van der Waals surface area contributed by atoms with Crippen molar-refractivity contribution in [3.63, 3.8) is 0 Å². The van der Waals surface area contributed by atoms with Crippen LogP contribution in [0.1, 0.15) is 18.7 Å². The summed E-state index contributed by atoms with van der Waals surface area (Å²) in [6.07, 6.45) is 4.88. The van der Waals surface area contributed by atoms with Crippen LogP contribution in [0.25, 0.3) is 0 Å². The Hall–Kier alpha value is -1.81. The highest BCUT2D eigenvalue weighted by Gasteiger charge is 2.13. The number of nitrogens with zero attached hydrogens (tertiary/aromatic N) is 2. The van der Waals surface area contributed by atoms with E-state index in [4.69, 9.17) is 11.6 Å². The standard InChI is InChI=1S/C12H12ClN3O/c1-9(17)15-12(16-7-6-14-8-16)10-2-4-11(13)5-3-10/h2-8,12H,1H3,(H,15,17)/t12-/m0/s1. The van der Waals surface area contributed by atoms with Gasteiger partial charge in [0.05, 0.1) is 6.33 Å². The Morgan fingerprint density at radius 1 is 1.41 bits per heavy atom. The Morgan fingerprint density at radius 3 is 2.65 bits per heavy atom. The number of benzene rings is 1. The Balaban J connectivity index is 2.33. The number of hydrogen-bond donors (Lipinski definition) is 1. The van der Waals surface area contributed by atoms with Crippen molar-refractivity contribution < 1.29 is 4.79 Å². The third-order valence-corrected chi connectivity index (χ3v) is 2.60. The second-order valence-electron chi connectivity index (χ2n) is 3.66. The molecule has 5 heteroatoms. The molecule has 4 nitrogen and oxygen atoms in total. The van der Waals surface area contributed by atoms with Crippen molar-refractivity contribution in [3.05, 3.63) is 53.6 Å². The van der Waals surface area contributed by atoms with Crippen LogP contribution < -0.4 is 5.32 Å². The molecule has 0 saturated carbocycles. The minimum atomic E-state index is -0.257. The van der Waals surface area contributed by atoms with E-state index in [-0.39, 0.29) is 12.1 Å². The van der Waals surface area contributed by atoms with Crippen molar-refractivity contribution >= 4 is 17.5 Å². The molecule has 0 aliphatic heterocycles. The molecule has 1 N–H and O–H groups in total. The van der Waals surface area contributed by atoms with Gasteiger partial charge in [-0.3, -0.25) is 4.79 Å². The monoisotopic (exact) mass is 249 g/mol. The molecule has 0 radical (unpaired) electrons. The van der Waals surface area contributed by atoms with Gasteiger partial charge in [0, 0.05) is 24.3 Å². The molecule has 0 spiro atoms. The number of nitrogens with one attached hydrogen (secondary N) is 1. The summed E-state index contributed by atoms with van der Waals surface area (Å²) in [4.78, 5) is 15.2. The van der Waals surface area contributed by atoms with Gasteiger partial charge >= 0.3 is 0 Å². The van der Waals surface area contributed by atoms with Gasteiger partial charge in [-0.15, -0.1) is 0 Å². The van der Waals surface area contributed by atoms with E-state index in [2.05, 4.69) is 10.3 Å². The predicted molar refractivity (Wildman–Crippen MR) is 65.6 cm³/mol. The molecule has 1 aromatic carbocycles. The van der Waals surface area contributed by atoms with Crippen LogP contribution >= 0.6 is 11.6 Å². The number of amides is 1. The van der Waals surface area contributed by atoms with Gasteiger partial charge in [0.1, 0.15) is 6.17 Å². The fourth-order valence-electron chi connectivity index (χ4n) is 1.59. The lowest BCUT2D eigenvalue weighted by Gasteiger charge is -2.19. The van der Waals surface area contributed by atoms with E-state index in [1.807, 2.05) is 16.7 Å². The molecule has 0 saturated heterocycles. The van der Waals surface area contributed by atoms with Crippen molar-refractivity contribution in [2.45, 2.75) is 13.1 Å². The van der Waals surface area contributed by atoms with E-state index < -0.39 is 0 Å². The summed E-state index contributed by atoms with van der Waals surface area (Å²) in [5, 5.41) is 3.53. The van der Waals surface area contributed by atoms with Crippen LogP contribution in [-0.4, -0.2) is 15.5 Å². The third kappa shape index (κ3) is 2.85. The number of rotatable bonds is 3. The van der Waals surface area contributed by atoms with Gasteiger partial charge in [0.25, 0.3) is 0 Å². The summed E-state index contributed by atoms with van der Waals surface area (Å²) in [5.74, 6) is -0.0985. The first-order valence-corrected chi connectivity index (χ1v) is 5.54. The lowest BCUT2D eigenvalue weighted by Crippen LogP contribution is -2.30. The fourth-order valence-corrected chi connectivity index (χ4v) is 1.72. The van der Waals surface area contributed by atoms with Crippen LogP contribution in [0.4, 0.5) is 0 Å². The molecule has 0 fully saturated rings. The Bertz CT molecular complexity index is 493. The van der Waals surface area contributed by atoms with Crippen LogP contribution in [0, 0.1) is 0 Å². The van der Waals surface area contributed by atoms with E-state index in [0.717, 1.165) is 5.56 Å². The van der Waals surface area contributed by atoms with E-state index >= 15 is 0 Å². The average Bonchev–Trinajstić information content (AvgIpc) is 2.80. The first kappa shape index (κ1) is 11.7. The number of imidazole rings is 1. The molecule has 0 unspecified atom stereocenters. The highest BCUT2D eigenvalue weighted by molar-refractivity contribution is 6.30. The van der Waals surface area contributed by atoms with Crippen LogP contribution in [-0.2, 0) is 4.79 Å². The third-order valence-electron chi connectivity index (χ3n) is 2.35. The molecule has 0 aliphatic carbocycles. The number of carbonyl (C=O) groups excluding carboxylic acids is 1. The molecule has 17 heavy (non-hydrogen) atoms. The molecule has 0 bridgehead atoms. The molecule has 88 valence electrons. The van der Waals surface area contributed by atoms with E-state index in [1.165, 1.54) is 6.92 Å². The molecular weight excluding hydrogens is 238 g/mol. The summed E-state index contributed by atoms with van der Waals surface area (Å²) in [6.45, 7) is 1.49. The average molecular weight is 250 g/mol. The van der Waals surface area contributed by atoms with Crippen LogP contribution in [0.5, 0.6) is 0 Å². The lowest BCUT2D eigenvalue weighted by atomic mass is 10.1. The second kappa shape index (κ2) is 5.01. The first-order chi connectivity index (χ1) is 8.16. The zero-order valence-electron chi connectivity index (χ0n) is 9.30. The largest absolute Gasteiger partial charge is 0.332 e. The predicted octanol–water partition coefficient (Wildman–Crippen LogP) is 2.22. The maximum absolute atomic E-state index is 11.2. The van der Waals surface area contributed by atoms with Crippen molar-refractivity contribution in [3.8, 4) is 0 Å². The first-order valence-electron chi connectivity index (χ1n) is 5.17. The zero-order chi connectivity index (χ0) is 12.3. The summed E-state index contributed by atoms with van der Waals surface area (Å²) in [7, 11) is 0. The topological polar surface area (TPSA) is 46.9 Å². The molecule has 1 aromatic heterocycles. The van der Waals surface area contributed by atoms with E-state index in [1.54, 1.807) is 30.9 Å². The quantitative estimate of drug-likeness (QED) is 0.907. The fraction of sp³-hybridized carbons (Fsp3) is 0.167. The number of carbonyl (C=O) groups is 1. The van der Waals surface area contributed by atoms with Gasteiger partial charge in [-0.05, 0) is 17.7 Å². The number of aromatic nitrogens is 2. The zero-order valence-corrected chi connectivity index (χ0v) is 10.1. The minimum Gasteiger partial charge on any atom is -0.332 e. The highest BCUT2D eigenvalue weighted by atomic mass is 35.5. The molecule has 1 amide bonds. The van der Waals surface area contributed by atoms with Crippen LogP contribution in [0.3, 0.4) is 0 Å². The summed E-state index contributed by atoms with van der Waals surface area (Å²) in [6, 6.07) is 7.34. The summed E-state index contributed by atoms with van der Waals surface area (Å²) >= 11 is 5.84. The van der Waals surface area contributed by atoms with Gasteiger partial charge in [-0.1, -0.05) is 23.7 Å². The SMILES string of the molecule is CC(=O)N[C@H](c1ccc(Cl)cc1)n1ccnc1. The molecule has 1 heterocycles. The van der Waals surface area contributed by atoms with Crippen molar-refractivity contribution in [2.24, 2.45) is 0 Å². The maximum atomic E-state index is 11.2. The van der Waals surface area contributed by atoms with Gasteiger partial charge in [0.15, 0.2) is 0 Å². The van der Waals surface area contributed by atoms with Gasteiger partial charge in [-0.25, -0.2) is 4.98 Å². The van der Waals surface area contributed by atoms with Gasteiger partial charge in [-0.2, -0.15) is 0 Å². The number of halogens is 1. The van der Waals surface area contributed by atoms with Crippen molar-refractivity contribution in [2.75, 3.05) is 0 Å².